The maximum absolute atomic E-state index is 14.1. The molecule has 1 atom stereocenters. The van der Waals surface area contributed by atoms with Crippen LogP contribution in [0.3, 0.4) is 0 Å². The van der Waals surface area contributed by atoms with Crippen LogP contribution < -0.4 is 15.8 Å². The summed E-state index contributed by atoms with van der Waals surface area (Å²) in [7, 11) is -7.65. The fourth-order valence-corrected chi connectivity index (χ4v) is 7.03. The van der Waals surface area contributed by atoms with Crippen LogP contribution in [0.5, 0.6) is 0 Å². The number of anilines is 1. The van der Waals surface area contributed by atoms with Gasteiger partial charge in [-0.25, -0.2) is 13.4 Å². The van der Waals surface area contributed by atoms with Crippen molar-refractivity contribution in [2.45, 2.75) is 59.8 Å². The third-order valence-electron chi connectivity index (χ3n) is 6.79. The van der Waals surface area contributed by atoms with Crippen molar-refractivity contribution in [2.24, 2.45) is 16.1 Å². The van der Waals surface area contributed by atoms with Crippen molar-refractivity contribution in [1.29, 1.82) is 0 Å². The molecular formula is C29H40N3O7PS. The predicted octanol–water partition coefficient (Wildman–Crippen LogP) is 5.57. The quantitative estimate of drug-likeness (QED) is 0.170. The fraction of sp³-hybridized carbons (Fsp3) is 0.448. The molecule has 0 aromatic heterocycles. The van der Waals surface area contributed by atoms with Crippen LogP contribution in [0.1, 0.15) is 65.5 Å². The average molecular weight is 606 g/mol. The van der Waals surface area contributed by atoms with Gasteiger partial charge >= 0.3 is 7.60 Å². The van der Waals surface area contributed by atoms with E-state index in [2.05, 4.69) is 30.5 Å². The lowest BCUT2D eigenvalue weighted by molar-refractivity contribution is -0.120. The van der Waals surface area contributed by atoms with Crippen molar-refractivity contribution in [3.63, 3.8) is 0 Å². The zero-order valence-electron chi connectivity index (χ0n) is 24.6. The standard InChI is InChI=1S/C29H40N3O7PS/c1-8-38-40(35,39-9-2)23-18-19(32-41(7,36)37)14-15-22(23)31-27(30)24-25(33)20-12-10-11-13-21(20)29(6,26(24)34)17-16-28(3,4)5/h10-15,18,32-33H,8-9,16-17H2,1-7H3,(H2,30,31). The number of benzene rings is 2. The van der Waals surface area contributed by atoms with Crippen molar-refractivity contribution in [3.05, 3.63) is 59.2 Å². The monoisotopic (exact) mass is 605 g/mol. The topological polar surface area (TPSA) is 157 Å². The van der Waals surface area contributed by atoms with Gasteiger partial charge in [0.05, 0.1) is 35.9 Å². The molecule has 3 rings (SSSR count). The second kappa shape index (κ2) is 12.1. The zero-order chi connectivity index (χ0) is 30.8. The predicted molar refractivity (Wildman–Crippen MR) is 164 cm³/mol. The van der Waals surface area contributed by atoms with Gasteiger partial charge in [-0.05, 0) is 62.8 Å². The minimum absolute atomic E-state index is 0.0347. The Balaban J connectivity index is 2.24. The number of Topliss-reactive ketones (excluding diaryl/α,β-unsaturated/α-hetero) is 1. The third kappa shape index (κ3) is 7.27. The molecule has 1 unspecified atom stereocenters. The normalized spacial score (nSPS) is 18.4. The highest BCUT2D eigenvalue weighted by molar-refractivity contribution is 7.92. The minimum Gasteiger partial charge on any atom is -0.506 e. The van der Waals surface area contributed by atoms with Crippen LogP contribution in [0.2, 0.25) is 0 Å². The molecule has 0 fully saturated rings. The SMILES string of the molecule is CCOP(=O)(OCC)c1cc(NS(C)(=O)=O)ccc1N=C(N)C1=C(O)c2ccccc2C(C)(CCC(C)(C)C)C1=O. The summed E-state index contributed by atoms with van der Waals surface area (Å²) in [6.45, 7) is 11.5. The molecule has 2 aromatic rings. The number of hydrogen-bond acceptors (Lipinski definition) is 8. The van der Waals surface area contributed by atoms with E-state index in [0.29, 0.717) is 17.5 Å². The molecule has 0 amide bonds. The summed E-state index contributed by atoms with van der Waals surface area (Å²) in [5.74, 6) is -0.961. The number of nitrogens with one attached hydrogen (secondary N) is 1. The van der Waals surface area contributed by atoms with Gasteiger partial charge in [-0.2, -0.15) is 0 Å². The molecule has 0 radical (unpaired) electrons. The summed E-state index contributed by atoms with van der Waals surface area (Å²) >= 11 is 0. The fourth-order valence-electron chi connectivity index (χ4n) is 4.74. The van der Waals surface area contributed by atoms with Gasteiger partial charge in [0.25, 0.3) is 0 Å². The van der Waals surface area contributed by atoms with E-state index in [1.165, 1.54) is 18.2 Å². The van der Waals surface area contributed by atoms with E-state index in [1.54, 1.807) is 26.0 Å². The van der Waals surface area contributed by atoms with Crippen LogP contribution in [-0.4, -0.2) is 44.6 Å². The minimum atomic E-state index is -4.00. The number of carbonyl (C=O) groups excluding carboxylic acids is 1. The van der Waals surface area contributed by atoms with Gasteiger partial charge in [0.2, 0.25) is 10.0 Å². The van der Waals surface area contributed by atoms with Crippen molar-refractivity contribution in [1.82, 2.24) is 0 Å². The largest absolute Gasteiger partial charge is 0.506 e. The van der Waals surface area contributed by atoms with Gasteiger partial charge in [-0.15, -0.1) is 0 Å². The van der Waals surface area contributed by atoms with Crippen LogP contribution in [-0.2, 0) is 33.8 Å². The highest BCUT2D eigenvalue weighted by Crippen LogP contribution is 2.50. The van der Waals surface area contributed by atoms with Crippen LogP contribution in [0.15, 0.2) is 53.0 Å². The smallest absolute Gasteiger partial charge is 0.363 e. The first-order valence-electron chi connectivity index (χ1n) is 13.4. The lowest BCUT2D eigenvalue weighted by atomic mass is 9.65. The van der Waals surface area contributed by atoms with Gasteiger partial charge in [-0.3, -0.25) is 14.1 Å². The Bertz CT molecular complexity index is 1530. The van der Waals surface area contributed by atoms with Crippen LogP contribution in [0, 0.1) is 5.41 Å². The average Bonchev–Trinajstić information content (AvgIpc) is 2.86. The molecule has 0 aliphatic heterocycles. The van der Waals surface area contributed by atoms with E-state index in [4.69, 9.17) is 14.8 Å². The number of aliphatic hydroxyl groups is 1. The Kier molecular flexibility index (Phi) is 9.60. The van der Waals surface area contributed by atoms with Crippen molar-refractivity contribution >= 4 is 51.7 Å². The molecule has 0 saturated heterocycles. The maximum atomic E-state index is 14.1. The van der Waals surface area contributed by atoms with Crippen molar-refractivity contribution in [2.75, 3.05) is 24.2 Å². The summed E-state index contributed by atoms with van der Waals surface area (Å²) in [4.78, 5) is 18.6. The summed E-state index contributed by atoms with van der Waals surface area (Å²) < 4.78 is 50.9. The Morgan fingerprint density at radius 3 is 2.29 bits per heavy atom. The Hall–Kier alpha value is -2.98. The lowest BCUT2D eigenvalue weighted by Crippen LogP contribution is -2.42. The molecule has 4 N–H and O–H groups in total. The zero-order valence-corrected chi connectivity index (χ0v) is 26.4. The molecule has 1 aliphatic carbocycles. The second-order valence-electron chi connectivity index (χ2n) is 11.4. The van der Waals surface area contributed by atoms with E-state index >= 15 is 0 Å². The summed E-state index contributed by atoms with van der Waals surface area (Å²) in [5.41, 5.74) is 6.62. The van der Waals surface area contributed by atoms with Gasteiger partial charge in [0.1, 0.15) is 17.2 Å². The van der Waals surface area contributed by atoms with Gasteiger partial charge in [-0.1, -0.05) is 45.0 Å². The molecule has 2 aromatic carbocycles. The molecule has 224 valence electrons. The molecule has 0 spiro atoms. The Morgan fingerprint density at radius 1 is 1.12 bits per heavy atom. The van der Waals surface area contributed by atoms with E-state index in [-0.39, 0.29) is 58.3 Å². The van der Waals surface area contributed by atoms with Crippen LogP contribution in [0.25, 0.3) is 5.76 Å². The molecule has 12 heteroatoms. The van der Waals surface area contributed by atoms with E-state index < -0.39 is 23.0 Å². The highest BCUT2D eigenvalue weighted by Gasteiger charge is 2.45. The molecule has 0 saturated carbocycles. The molecule has 0 heterocycles. The summed E-state index contributed by atoms with van der Waals surface area (Å²) in [5, 5.41) is 11.2. The molecule has 0 bridgehead atoms. The third-order valence-corrected chi connectivity index (χ3v) is 9.54. The van der Waals surface area contributed by atoms with E-state index in [9.17, 15) is 22.9 Å². The number of rotatable bonds is 11. The first kappa shape index (κ1) is 32.5. The van der Waals surface area contributed by atoms with Crippen LogP contribution in [0.4, 0.5) is 11.4 Å². The number of aliphatic imine (C=N–C) groups is 1. The number of nitrogens with zero attached hydrogens (tertiary/aromatic N) is 1. The first-order valence-corrected chi connectivity index (χ1v) is 16.8. The summed E-state index contributed by atoms with van der Waals surface area (Å²) in [6, 6.07) is 11.3. The van der Waals surface area contributed by atoms with Crippen molar-refractivity contribution < 1.29 is 31.9 Å². The van der Waals surface area contributed by atoms with Gasteiger partial charge in [0.15, 0.2) is 5.78 Å². The van der Waals surface area contributed by atoms with E-state index in [1.807, 2.05) is 19.1 Å². The first-order chi connectivity index (χ1) is 19.0. The Morgan fingerprint density at radius 2 is 1.73 bits per heavy atom. The number of aliphatic hydroxyl groups excluding tert-OH is 1. The van der Waals surface area contributed by atoms with Gasteiger partial charge < -0.3 is 19.9 Å². The number of fused-ring (bicyclic) bond motifs is 1. The number of carbonyl (C=O) groups is 1. The number of ketones is 1. The number of amidine groups is 1. The molecule has 41 heavy (non-hydrogen) atoms. The van der Waals surface area contributed by atoms with E-state index in [0.717, 1.165) is 12.7 Å². The van der Waals surface area contributed by atoms with Crippen molar-refractivity contribution in [3.8, 4) is 0 Å². The molecule has 10 nitrogen and oxygen atoms in total. The molecule has 1 aliphatic rings. The number of hydrogen-bond donors (Lipinski definition) is 3. The maximum Gasteiger partial charge on any atom is 0.363 e. The number of nitrogens with two attached hydrogens (primary N) is 1. The highest BCUT2D eigenvalue weighted by atomic mass is 32.2. The van der Waals surface area contributed by atoms with Gasteiger partial charge in [0, 0.05) is 11.3 Å². The second-order valence-corrected chi connectivity index (χ2v) is 15.1. The lowest BCUT2D eigenvalue weighted by Gasteiger charge is -2.37. The summed E-state index contributed by atoms with van der Waals surface area (Å²) in [6.07, 6.45) is 2.23. The molecular weight excluding hydrogens is 565 g/mol. The van der Waals surface area contributed by atoms with Crippen LogP contribution >= 0.6 is 7.60 Å². The number of sulfonamides is 1. The Labute approximate surface area is 242 Å².